The Hall–Kier alpha value is -2.87. The summed E-state index contributed by atoms with van der Waals surface area (Å²) in [7, 11) is 1.85. The Bertz CT molecular complexity index is 1110. The van der Waals surface area contributed by atoms with Crippen LogP contribution in [-0.2, 0) is 0 Å². The summed E-state index contributed by atoms with van der Waals surface area (Å²) in [5.41, 5.74) is -0.0833. The molecule has 2 aromatic heterocycles. The monoisotopic (exact) mass is 408 g/mol. The molecule has 1 aromatic carbocycles. The van der Waals surface area contributed by atoms with Gasteiger partial charge in [-0.2, -0.15) is 0 Å². The van der Waals surface area contributed by atoms with E-state index in [0.717, 1.165) is 23.6 Å². The number of phenolic OH excluding ortho intramolecular Hbond substituents is 1. The topological polar surface area (TPSA) is 87.1 Å². The predicted octanol–water partition coefficient (Wildman–Crippen LogP) is 3.24. The van der Waals surface area contributed by atoms with Gasteiger partial charge >= 0.3 is 0 Å². The summed E-state index contributed by atoms with van der Waals surface area (Å²) in [5, 5.41) is 24.2. The number of aromatic nitrogens is 4. The molecule has 7 nitrogen and oxygen atoms in total. The van der Waals surface area contributed by atoms with Crippen molar-refractivity contribution < 1.29 is 9.50 Å². The number of nitrogens with zero attached hydrogens (tertiary/aromatic N) is 5. The highest BCUT2D eigenvalue weighted by atomic mass is 19.1. The van der Waals surface area contributed by atoms with Gasteiger partial charge in [-0.25, -0.2) is 9.37 Å². The Morgan fingerprint density at radius 2 is 2.00 bits per heavy atom. The summed E-state index contributed by atoms with van der Waals surface area (Å²) < 4.78 is 15.4. The van der Waals surface area contributed by atoms with E-state index in [-0.39, 0.29) is 17.3 Å². The van der Waals surface area contributed by atoms with Gasteiger partial charge in [-0.15, -0.1) is 10.2 Å². The van der Waals surface area contributed by atoms with Crippen LogP contribution in [0.2, 0.25) is 0 Å². The number of hydrogen-bond donors (Lipinski definition) is 2. The summed E-state index contributed by atoms with van der Waals surface area (Å²) in [6, 6.07) is 5.02. The molecule has 156 valence electrons. The Morgan fingerprint density at radius 1 is 1.17 bits per heavy atom. The number of pyridine rings is 1. The molecule has 0 spiro atoms. The van der Waals surface area contributed by atoms with Crippen molar-refractivity contribution in [2.75, 3.05) is 11.9 Å². The molecule has 2 aliphatic heterocycles. The van der Waals surface area contributed by atoms with E-state index in [2.05, 4.69) is 32.4 Å². The maximum absolute atomic E-state index is 15.4. The van der Waals surface area contributed by atoms with Gasteiger partial charge in [0, 0.05) is 35.9 Å². The summed E-state index contributed by atoms with van der Waals surface area (Å²) >= 11 is 0. The number of phenols is 1. The second kappa shape index (κ2) is 6.57. The minimum Gasteiger partial charge on any atom is -0.507 e. The van der Waals surface area contributed by atoms with Gasteiger partial charge in [0.25, 0.3) is 0 Å². The SMILES string of the molecule is CN(c1cnc(-c2cc3ccncc3cc2O)nn1)[C@H]1C[C@]2(C)CC[C@@](C)(N2)[C@@H]1F. The molecule has 30 heavy (non-hydrogen) atoms. The highest BCUT2D eigenvalue weighted by Crippen LogP contribution is 2.45. The fraction of sp³-hybridized carbons (Fsp3) is 0.455. The maximum Gasteiger partial charge on any atom is 0.185 e. The van der Waals surface area contributed by atoms with E-state index in [0.29, 0.717) is 23.6 Å². The van der Waals surface area contributed by atoms with E-state index >= 15 is 4.39 Å². The van der Waals surface area contributed by atoms with Crippen LogP contribution in [0.5, 0.6) is 5.75 Å². The van der Waals surface area contributed by atoms with Crippen LogP contribution in [-0.4, -0.2) is 55.6 Å². The fourth-order valence-electron chi connectivity index (χ4n) is 5.06. The van der Waals surface area contributed by atoms with Crippen LogP contribution >= 0.6 is 0 Å². The lowest BCUT2D eigenvalue weighted by Gasteiger charge is -2.47. The van der Waals surface area contributed by atoms with E-state index in [1.807, 2.05) is 31.0 Å². The van der Waals surface area contributed by atoms with Crippen LogP contribution in [0.3, 0.4) is 0 Å². The second-order valence-electron chi connectivity index (χ2n) is 9.12. The molecular weight excluding hydrogens is 383 g/mol. The molecule has 4 heterocycles. The average Bonchev–Trinajstić information content (AvgIpc) is 3.02. The number of anilines is 1. The van der Waals surface area contributed by atoms with Crippen molar-refractivity contribution in [2.24, 2.45) is 0 Å². The number of aromatic hydroxyl groups is 1. The van der Waals surface area contributed by atoms with Gasteiger partial charge in [0.1, 0.15) is 11.9 Å². The van der Waals surface area contributed by atoms with E-state index in [9.17, 15) is 5.11 Å². The first-order chi connectivity index (χ1) is 14.3. The smallest absolute Gasteiger partial charge is 0.185 e. The highest BCUT2D eigenvalue weighted by molar-refractivity contribution is 5.88. The van der Waals surface area contributed by atoms with E-state index in [1.54, 1.807) is 24.7 Å². The molecular formula is C22H25FN6O. The van der Waals surface area contributed by atoms with Crippen LogP contribution in [0.15, 0.2) is 36.8 Å². The van der Waals surface area contributed by atoms with Crippen molar-refractivity contribution >= 4 is 16.6 Å². The Morgan fingerprint density at radius 3 is 2.77 bits per heavy atom. The minimum atomic E-state index is -1.02. The quantitative estimate of drug-likeness (QED) is 0.688. The van der Waals surface area contributed by atoms with E-state index in [1.165, 1.54) is 0 Å². The second-order valence-corrected chi connectivity index (χ2v) is 9.12. The van der Waals surface area contributed by atoms with Crippen molar-refractivity contribution in [2.45, 2.75) is 56.4 Å². The van der Waals surface area contributed by atoms with Gasteiger partial charge in [0.15, 0.2) is 11.6 Å². The minimum absolute atomic E-state index is 0.0667. The van der Waals surface area contributed by atoms with Gasteiger partial charge < -0.3 is 15.3 Å². The van der Waals surface area contributed by atoms with Crippen LogP contribution in [0, 0.1) is 0 Å². The number of alkyl halides is 1. The number of fused-ring (bicyclic) bond motifs is 3. The zero-order chi connectivity index (χ0) is 21.1. The van der Waals surface area contributed by atoms with Crippen molar-refractivity contribution in [3.63, 3.8) is 0 Å². The zero-order valence-electron chi connectivity index (χ0n) is 17.3. The third-order valence-electron chi connectivity index (χ3n) is 6.79. The summed E-state index contributed by atoms with van der Waals surface area (Å²) in [6.07, 6.45) is 6.46. The lowest BCUT2D eigenvalue weighted by Crippen LogP contribution is -2.65. The van der Waals surface area contributed by atoms with Gasteiger partial charge in [-0.3, -0.25) is 4.98 Å². The first-order valence-corrected chi connectivity index (χ1v) is 10.2. The molecule has 2 aliphatic rings. The van der Waals surface area contributed by atoms with Crippen LogP contribution in [0.1, 0.15) is 33.1 Å². The number of benzene rings is 1. The molecule has 0 amide bonds. The largest absolute Gasteiger partial charge is 0.507 e. The molecule has 2 fully saturated rings. The third kappa shape index (κ3) is 2.98. The normalized spacial score (nSPS) is 30.5. The standard InChI is InChI=1S/C22H25FN6O/c1-21-5-6-22(2,28-21)19(23)16(10-21)29(3)18-12-25-20(27-26-18)15-8-13-4-7-24-11-14(13)9-17(15)30/h4,7-9,11-12,16,19,28,30H,5-6,10H2,1-3H3/t16-,19+,21-,22+/m0/s1. The molecule has 0 unspecified atom stereocenters. The van der Waals surface area contributed by atoms with Gasteiger partial charge in [0.05, 0.1) is 17.8 Å². The summed E-state index contributed by atoms with van der Waals surface area (Å²) in [5.74, 6) is 0.909. The molecule has 5 rings (SSSR count). The van der Waals surface area contributed by atoms with Gasteiger partial charge in [0.2, 0.25) is 0 Å². The average molecular weight is 408 g/mol. The van der Waals surface area contributed by atoms with Crippen LogP contribution in [0.4, 0.5) is 10.2 Å². The molecule has 3 aromatic rings. The van der Waals surface area contributed by atoms with Crippen molar-refractivity contribution in [3.05, 3.63) is 36.8 Å². The number of halogens is 1. The lowest BCUT2D eigenvalue weighted by atomic mass is 9.82. The maximum atomic E-state index is 15.4. The van der Waals surface area contributed by atoms with Crippen molar-refractivity contribution in [1.29, 1.82) is 0 Å². The summed E-state index contributed by atoms with van der Waals surface area (Å²) in [6.45, 7) is 4.13. The van der Waals surface area contributed by atoms with Crippen molar-refractivity contribution in [1.82, 2.24) is 25.5 Å². The predicted molar refractivity (Wildman–Crippen MR) is 113 cm³/mol. The first kappa shape index (κ1) is 19.1. The number of nitrogens with one attached hydrogen (secondary N) is 1. The Labute approximate surface area is 174 Å². The number of piperidine rings is 1. The zero-order valence-corrected chi connectivity index (χ0v) is 17.3. The van der Waals surface area contributed by atoms with E-state index in [4.69, 9.17) is 0 Å². The van der Waals surface area contributed by atoms with Crippen LogP contribution < -0.4 is 10.2 Å². The Balaban J connectivity index is 1.43. The molecule has 4 atom stereocenters. The number of hydrogen-bond acceptors (Lipinski definition) is 7. The van der Waals surface area contributed by atoms with Gasteiger partial charge in [-0.1, -0.05) is 0 Å². The van der Waals surface area contributed by atoms with Crippen LogP contribution in [0.25, 0.3) is 22.2 Å². The third-order valence-corrected chi connectivity index (χ3v) is 6.79. The fourth-order valence-corrected chi connectivity index (χ4v) is 5.06. The molecule has 0 aliphatic carbocycles. The molecule has 0 saturated carbocycles. The first-order valence-electron chi connectivity index (χ1n) is 10.2. The number of rotatable bonds is 3. The summed E-state index contributed by atoms with van der Waals surface area (Å²) in [4.78, 5) is 10.3. The highest BCUT2D eigenvalue weighted by Gasteiger charge is 2.56. The lowest BCUT2D eigenvalue weighted by molar-refractivity contribution is 0.0859. The molecule has 8 heteroatoms. The van der Waals surface area contributed by atoms with Gasteiger partial charge in [-0.05, 0) is 56.7 Å². The molecule has 2 bridgehead atoms. The molecule has 2 N–H and O–H groups in total. The molecule has 0 radical (unpaired) electrons. The van der Waals surface area contributed by atoms with E-state index < -0.39 is 11.7 Å². The Kier molecular flexibility index (Phi) is 4.18. The molecule has 2 saturated heterocycles. The van der Waals surface area contributed by atoms with Crippen molar-refractivity contribution in [3.8, 4) is 17.1 Å².